The number of amides is 3. The van der Waals surface area contributed by atoms with Gasteiger partial charge in [-0.3, -0.25) is 9.69 Å². The molecule has 0 aromatic heterocycles. The molecule has 27 heavy (non-hydrogen) atoms. The SMILES string of the molecule is COc1ccc(C(=O)N2CCOCc3ccccc32)cc1N1CCNC1=O. The van der Waals surface area contributed by atoms with Crippen molar-refractivity contribution < 1.29 is 19.1 Å². The smallest absolute Gasteiger partial charge is 0.322 e. The van der Waals surface area contributed by atoms with Gasteiger partial charge in [-0.05, 0) is 24.3 Å². The predicted molar refractivity (Wildman–Crippen MR) is 102 cm³/mol. The Morgan fingerprint density at radius 2 is 2.00 bits per heavy atom. The fourth-order valence-electron chi connectivity index (χ4n) is 3.46. The number of rotatable bonds is 3. The first kappa shape index (κ1) is 17.4. The van der Waals surface area contributed by atoms with Gasteiger partial charge in [-0.1, -0.05) is 18.2 Å². The monoisotopic (exact) mass is 367 g/mol. The maximum absolute atomic E-state index is 13.3. The first-order chi connectivity index (χ1) is 13.2. The van der Waals surface area contributed by atoms with E-state index >= 15 is 0 Å². The maximum atomic E-state index is 13.3. The van der Waals surface area contributed by atoms with Crippen molar-refractivity contribution in [2.24, 2.45) is 0 Å². The molecular weight excluding hydrogens is 346 g/mol. The molecule has 4 rings (SSSR count). The summed E-state index contributed by atoms with van der Waals surface area (Å²) in [5.74, 6) is 0.430. The van der Waals surface area contributed by atoms with E-state index in [0.29, 0.717) is 49.8 Å². The number of hydrogen-bond acceptors (Lipinski definition) is 4. The minimum absolute atomic E-state index is 0.128. The normalized spacial score (nSPS) is 16.6. The zero-order valence-electron chi connectivity index (χ0n) is 15.1. The molecule has 140 valence electrons. The average molecular weight is 367 g/mol. The van der Waals surface area contributed by atoms with Crippen LogP contribution in [0.4, 0.5) is 16.2 Å². The number of nitrogens with one attached hydrogen (secondary N) is 1. The van der Waals surface area contributed by atoms with Crippen molar-refractivity contribution in [3.8, 4) is 5.75 Å². The van der Waals surface area contributed by atoms with E-state index in [9.17, 15) is 9.59 Å². The summed E-state index contributed by atoms with van der Waals surface area (Å²) in [6, 6.07) is 12.7. The van der Waals surface area contributed by atoms with Crippen LogP contribution in [-0.2, 0) is 11.3 Å². The summed E-state index contributed by atoms with van der Waals surface area (Å²) in [4.78, 5) is 28.7. The van der Waals surface area contributed by atoms with Crippen LogP contribution in [-0.4, -0.2) is 45.3 Å². The number of fused-ring (bicyclic) bond motifs is 1. The van der Waals surface area contributed by atoms with Crippen molar-refractivity contribution in [2.45, 2.75) is 6.61 Å². The Morgan fingerprint density at radius 1 is 1.15 bits per heavy atom. The molecule has 2 aromatic carbocycles. The molecule has 1 saturated heterocycles. The fraction of sp³-hybridized carbons (Fsp3) is 0.300. The number of nitrogens with zero attached hydrogens (tertiary/aromatic N) is 2. The highest BCUT2D eigenvalue weighted by molar-refractivity contribution is 6.08. The van der Waals surface area contributed by atoms with E-state index in [2.05, 4.69) is 5.32 Å². The second-order valence-electron chi connectivity index (χ2n) is 6.41. The number of methoxy groups -OCH3 is 1. The van der Waals surface area contributed by atoms with E-state index < -0.39 is 0 Å². The third-order valence-corrected chi connectivity index (χ3v) is 4.82. The van der Waals surface area contributed by atoms with E-state index in [1.807, 2.05) is 24.3 Å². The molecule has 1 N–H and O–H groups in total. The molecule has 0 spiro atoms. The van der Waals surface area contributed by atoms with Crippen LogP contribution in [0.5, 0.6) is 5.75 Å². The zero-order chi connectivity index (χ0) is 18.8. The van der Waals surface area contributed by atoms with Gasteiger partial charge in [0.25, 0.3) is 5.91 Å². The summed E-state index contributed by atoms with van der Waals surface area (Å²) in [7, 11) is 1.55. The fourth-order valence-corrected chi connectivity index (χ4v) is 3.46. The molecule has 0 atom stereocenters. The minimum Gasteiger partial charge on any atom is -0.495 e. The van der Waals surface area contributed by atoms with E-state index in [1.54, 1.807) is 35.1 Å². The van der Waals surface area contributed by atoms with Crippen LogP contribution in [0.1, 0.15) is 15.9 Å². The molecule has 2 heterocycles. The molecule has 2 aliphatic heterocycles. The van der Waals surface area contributed by atoms with Gasteiger partial charge in [0, 0.05) is 36.4 Å². The number of benzene rings is 2. The number of anilines is 2. The third kappa shape index (κ3) is 3.21. The van der Waals surface area contributed by atoms with Crippen LogP contribution in [0.2, 0.25) is 0 Å². The lowest BCUT2D eigenvalue weighted by Crippen LogP contribution is -2.33. The summed E-state index contributed by atoms with van der Waals surface area (Å²) in [5.41, 5.74) is 2.94. The Bertz CT molecular complexity index is 883. The first-order valence-corrected chi connectivity index (χ1v) is 8.90. The van der Waals surface area contributed by atoms with Crippen LogP contribution in [0, 0.1) is 0 Å². The first-order valence-electron chi connectivity index (χ1n) is 8.90. The number of urea groups is 1. The molecular formula is C20H21N3O4. The lowest BCUT2D eigenvalue weighted by molar-refractivity contribution is 0.0966. The highest BCUT2D eigenvalue weighted by Crippen LogP contribution is 2.32. The van der Waals surface area contributed by atoms with Crippen LogP contribution < -0.4 is 19.9 Å². The Balaban J connectivity index is 1.71. The van der Waals surface area contributed by atoms with Gasteiger partial charge < -0.3 is 19.7 Å². The van der Waals surface area contributed by atoms with E-state index in [4.69, 9.17) is 9.47 Å². The van der Waals surface area contributed by atoms with Crippen LogP contribution >= 0.6 is 0 Å². The molecule has 1 fully saturated rings. The van der Waals surface area contributed by atoms with Gasteiger partial charge in [0.1, 0.15) is 5.75 Å². The Labute approximate surface area is 157 Å². The van der Waals surface area contributed by atoms with Crippen molar-refractivity contribution in [3.05, 3.63) is 53.6 Å². The molecule has 0 radical (unpaired) electrons. The van der Waals surface area contributed by atoms with Crippen molar-refractivity contribution in [3.63, 3.8) is 0 Å². The largest absolute Gasteiger partial charge is 0.495 e. The third-order valence-electron chi connectivity index (χ3n) is 4.82. The molecule has 7 heteroatoms. The van der Waals surface area contributed by atoms with Crippen molar-refractivity contribution >= 4 is 23.3 Å². The molecule has 7 nitrogen and oxygen atoms in total. The lowest BCUT2D eigenvalue weighted by Gasteiger charge is -2.24. The summed E-state index contributed by atoms with van der Waals surface area (Å²) in [5, 5.41) is 2.77. The van der Waals surface area contributed by atoms with Crippen LogP contribution in [0.15, 0.2) is 42.5 Å². The summed E-state index contributed by atoms with van der Waals surface area (Å²) < 4.78 is 11.0. The maximum Gasteiger partial charge on any atom is 0.322 e. The van der Waals surface area contributed by atoms with Crippen molar-refractivity contribution in [2.75, 3.05) is 43.2 Å². The van der Waals surface area contributed by atoms with Gasteiger partial charge in [-0.2, -0.15) is 0 Å². The van der Waals surface area contributed by atoms with E-state index in [-0.39, 0.29) is 11.9 Å². The molecule has 2 aromatic rings. The second kappa shape index (κ2) is 7.28. The summed E-state index contributed by atoms with van der Waals surface area (Å²) in [6.45, 7) is 2.53. The van der Waals surface area contributed by atoms with Gasteiger partial charge in [0.15, 0.2) is 0 Å². The van der Waals surface area contributed by atoms with Gasteiger partial charge in [-0.15, -0.1) is 0 Å². The number of para-hydroxylation sites is 1. The van der Waals surface area contributed by atoms with Crippen LogP contribution in [0.25, 0.3) is 0 Å². The standard InChI is InChI=1S/C20H21N3O4/c1-26-18-7-6-14(12-17(18)23-9-8-21-20(23)25)19(24)22-10-11-27-13-15-4-2-3-5-16(15)22/h2-7,12H,8-11,13H2,1H3,(H,21,25). The quantitative estimate of drug-likeness (QED) is 0.904. The highest BCUT2D eigenvalue weighted by atomic mass is 16.5. The minimum atomic E-state index is -0.189. The number of carbonyl (C=O) groups excluding carboxylic acids is 2. The number of ether oxygens (including phenoxy) is 2. The van der Waals surface area contributed by atoms with Crippen molar-refractivity contribution in [1.29, 1.82) is 0 Å². The van der Waals surface area contributed by atoms with Gasteiger partial charge in [-0.25, -0.2) is 4.79 Å². The molecule has 0 saturated carbocycles. The molecule has 3 amide bonds. The van der Waals surface area contributed by atoms with Gasteiger partial charge >= 0.3 is 6.03 Å². The Morgan fingerprint density at radius 3 is 2.78 bits per heavy atom. The molecule has 2 aliphatic rings. The Hall–Kier alpha value is -3.06. The van der Waals surface area contributed by atoms with Crippen LogP contribution in [0.3, 0.4) is 0 Å². The average Bonchev–Trinajstić information content (AvgIpc) is 3.01. The highest BCUT2D eigenvalue weighted by Gasteiger charge is 2.27. The summed E-state index contributed by atoms with van der Waals surface area (Å²) >= 11 is 0. The Kier molecular flexibility index (Phi) is 4.68. The molecule has 0 unspecified atom stereocenters. The number of carbonyl (C=O) groups is 2. The van der Waals surface area contributed by atoms with Crippen molar-refractivity contribution in [1.82, 2.24) is 5.32 Å². The van der Waals surface area contributed by atoms with E-state index in [0.717, 1.165) is 11.3 Å². The molecule has 0 aliphatic carbocycles. The lowest BCUT2D eigenvalue weighted by atomic mass is 10.1. The summed E-state index contributed by atoms with van der Waals surface area (Å²) in [6.07, 6.45) is 0. The van der Waals surface area contributed by atoms with Gasteiger partial charge in [0.2, 0.25) is 0 Å². The van der Waals surface area contributed by atoms with E-state index in [1.165, 1.54) is 0 Å². The topological polar surface area (TPSA) is 71.1 Å². The number of hydrogen-bond donors (Lipinski definition) is 1. The zero-order valence-corrected chi connectivity index (χ0v) is 15.1. The second-order valence-corrected chi connectivity index (χ2v) is 6.41. The molecule has 0 bridgehead atoms. The predicted octanol–water partition coefficient (Wildman–Crippen LogP) is 2.40. The van der Waals surface area contributed by atoms with Gasteiger partial charge in [0.05, 0.1) is 26.0 Å².